The molecule has 0 heterocycles. The minimum atomic E-state index is -0.641. The number of alkyl carbamates (subject to hydrolysis) is 1. The SMILES string of the molecule is Cc1ccccc1NC(=O)NCC(CO)NC(=O)OC(C)(C)C. The van der Waals surface area contributed by atoms with Crippen molar-refractivity contribution in [1.82, 2.24) is 10.6 Å². The van der Waals surface area contributed by atoms with E-state index in [9.17, 15) is 14.7 Å². The quantitative estimate of drug-likeness (QED) is 0.666. The number of aliphatic hydroxyl groups is 1. The van der Waals surface area contributed by atoms with E-state index in [0.29, 0.717) is 5.69 Å². The number of anilines is 1. The third-order valence-electron chi connectivity index (χ3n) is 2.84. The number of nitrogens with one attached hydrogen (secondary N) is 3. The van der Waals surface area contributed by atoms with E-state index in [1.54, 1.807) is 26.8 Å². The summed E-state index contributed by atoms with van der Waals surface area (Å²) in [7, 11) is 0. The Hall–Kier alpha value is -2.28. The maximum absolute atomic E-state index is 11.9. The monoisotopic (exact) mass is 323 g/mol. The number of aryl methyl sites for hydroxylation is 1. The number of hydrogen-bond acceptors (Lipinski definition) is 4. The van der Waals surface area contributed by atoms with Gasteiger partial charge in [-0.1, -0.05) is 18.2 Å². The van der Waals surface area contributed by atoms with E-state index in [1.165, 1.54) is 0 Å². The van der Waals surface area contributed by atoms with Gasteiger partial charge in [-0.2, -0.15) is 0 Å². The van der Waals surface area contributed by atoms with Crippen LogP contribution in [0.1, 0.15) is 26.3 Å². The molecule has 1 aromatic carbocycles. The summed E-state index contributed by atoms with van der Waals surface area (Å²) in [5.41, 5.74) is 1.01. The Labute approximate surface area is 136 Å². The van der Waals surface area contributed by atoms with Crippen molar-refractivity contribution in [1.29, 1.82) is 0 Å². The first-order valence-corrected chi connectivity index (χ1v) is 7.42. The molecule has 23 heavy (non-hydrogen) atoms. The fraction of sp³-hybridized carbons (Fsp3) is 0.500. The molecule has 0 aromatic heterocycles. The van der Waals surface area contributed by atoms with Gasteiger partial charge in [0.05, 0.1) is 12.6 Å². The van der Waals surface area contributed by atoms with Gasteiger partial charge in [0.15, 0.2) is 0 Å². The Morgan fingerprint density at radius 2 is 1.91 bits per heavy atom. The number of hydrogen-bond donors (Lipinski definition) is 4. The van der Waals surface area contributed by atoms with Gasteiger partial charge in [-0.3, -0.25) is 0 Å². The van der Waals surface area contributed by atoms with Gasteiger partial charge >= 0.3 is 12.1 Å². The van der Waals surface area contributed by atoms with Crippen LogP contribution in [0.5, 0.6) is 0 Å². The zero-order valence-corrected chi connectivity index (χ0v) is 14.0. The predicted molar refractivity (Wildman–Crippen MR) is 88.4 cm³/mol. The fourth-order valence-corrected chi connectivity index (χ4v) is 1.73. The van der Waals surface area contributed by atoms with Crippen molar-refractivity contribution in [2.45, 2.75) is 39.3 Å². The molecule has 7 nitrogen and oxygen atoms in total. The standard InChI is InChI=1S/C16H25N3O4/c1-11-7-5-6-8-13(11)19-14(21)17-9-12(10-20)18-15(22)23-16(2,3)4/h5-8,12,20H,9-10H2,1-4H3,(H,18,22)(H2,17,19,21). The van der Waals surface area contributed by atoms with Crippen LogP contribution in [-0.2, 0) is 4.74 Å². The third kappa shape index (κ3) is 7.51. The van der Waals surface area contributed by atoms with Gasteiger partial charge < -0.3 is 25.8 Å². The molecule has 7 heteroatoms. The fourth-order valence-electron chi connectivity index (χ4n) is 1.73. The first kappa shape index (κ1) is 18.8. The summed E-state index contributed by atoms with van der Waals surface area (Å²) in [5, 5.41) is 17.1. The largest absolute Gasteiger partial charge is 0.444 e. The smallest absolute Gasteiger partial charge is 0.408 e. The zero-order valence-electron chi connectivity index (χ0n) is 14.0. The highest BCUT2D eigenvalue weighted by atomic mass is 16.6. The van der Waals surface area contributed by atoms with Crippen molar-refractivity contribution in [2.75, 3.05) is 18.5 Å². The lowest BCUT2D eigenvalue weighted by molar-refractivity contribution is 0.0483. The first-order chi connectivity index (χ1) is 10.7. The van der Waals surface area contributed by atoms with Gasteiger partial charge in [-0.25, -0.2) is 9.59 Å². The highest BCUT2D eigenvalue weighted by molar-refractivity contribution is 5.90. The molecule has 1 unspecified atom stereocenters. The normalized spacial score (nSPS) is 12.2. The van der Waals surface area contributed by atoms with Crippen LogP contribution >= 0.6 is 0 Å². The number of amides is 3. The molecule has 0 aliphatic heterocycles. The number of aliphatic hydroxyl groups excluding tert-OH is 1. The molecule has 0 spiro atoms. The minimum Gasteiger partial charge on any atom is -0.444 e. The van der Waals surface area contributed by atoms with Crippen LogP contribution in [0.15, 0.2) is 24.3 Å². The van der Waals surface area contributed by atoms with E-state index < -0.39 is 23.8 Å². The van der Waals surface area contributed by atoms with E-state index >= 15 is 0 Å². The summed E-state index contributed by atoms with van der Waals surface area (Å²) in [6.07, 6.45) is -0.641. The first-order valence-electron chi connectivity index (χ1n) is 7.42. The Bertz CT molecular complexity index is 540. The molecule has 0 bridgehead atoms. The molecule has 3 amide bonds. The lowest BCUT2D eigenvalue weighted by Gasteiger charge is -2.23. The van der Waals surface area contributed by atoms with E-state index in [2.05, 4.69) is 16.0 Å². The number of ether oxygens (including phenoxy) is 1. The van der Waals surface area contributed by atoms with E-state index in [-0.39, 0.29) is 13.2 Å². The second-order valence-electron chi connectivity index (χ2n) is 6.18. The molecule has 0 fully saturated rings. The Kier molecular flexibility index (Phi) is 6.84. The predicted octanol–water partition coefficient (Wildman–Crippen LogP) is 2.00. The van der Waals surface area contributed by atoms with Crippen molar-refractivity contribution in [2.24, 2.45) is 0 Å². The van der Waals surface area contributed by atoms with Gasteiger partial charge in [0.1, 0.15) is 5.60 Å². The van der Waals surface area contributed by atoms with Gasteiger partial charge in [0, 0.05) is 12.2 Å². The molecular weight excluding hydrogens is 298 g/mol. The van der Waals surface area contributed by atoms with Crippen LogP contribution in [0.3, 0.4) is 0 Å². The Morgan fingerprint density at radius 3 is 2.48 bits per heavy atom. The molecule has 0 aliphatic rings. The van der Waals surface area contributed by atoms with Gasteiger partial charge in [0.2, 0.25) is 0 Å². The number of carbonyl (C=O) groups excluding carboxylic acids is 2. The molecule has 4 N–H and O–H groups in total. The number of rotatable bonds is 5. The molecule has 0 aliphatic carbocycles. The average Bonchev–Trinajstić information content (AvgIpc) is 2.44. The molecule has 128 valence electrons. The summed E-state index contributed by atoms with van der Waals surface area (Å²) in [5.74, 6) is 0. The van der Waals surface area contributed by atoms with Crippen molar-refractivity contribution < 1.29 is 19.4 Å². The molecule has 1 rings (SSSR count). The van der Waals surface area contributed by atoms with Crippen molar-refractivity contribution in [3.8, 4) is 0 Å². The average molecular weight is 323 g/mol. The van der Waals surface area contributed by atoms with Crippen molar-refractivity contribution in [3.63, 3.8) is 0 Å². The highest BCUT2D eigenvalue weighted by Crippen LogP contribution is 2.12. The maximum atomic E-state index is 11.9. The topological polar surface area (TPSA) is 99.7 Å². The summed E-state index contributed by atoms with van der Waals surface area (Å²) in [6.45, 7) is 6.88. The maximum Gasteiger partial charge on any atom is 0.408 e. The Morgan fingerprint density at radius 1 is 1.26 bits per heavy atom. The van der Waals surface area contributed by atoms with Gasteiger partial charge in [-0.15, -0.1) is 0 Å². The summed E-state index contributed by atoms with van der Waals surface area (Å²) >= 11 is 0. The van der Waals surface area contributed by atoms with E-state index in [1.807, 2.05) is 25.1 Å². The van der Waals surface area contributed by atoms with E-state index in [4.69, 9.17) is 4.74 Å². The number of benzene rings is 1. The zero-order chi connectivity index (χ0) is 17.5. The van der Waals surface area contributed by atoms with Crippen molar-refractivity contribution >= 4 is 17.8 Å². The molecule has 1 aromatic rings. The number of urea groups is 1. The lowest BCUT2D eigenvalue weighted by atomic mass is 10.2. The van der Waals surface area contributed by atoms with Crippen LogP contribution in [0, 0.1) is 6.92 Å². The number of carbonyl (C=O) groups is 2. The second kappa shape index (κ2) is 8.38. The molecule has 0 radical (unpaired) electrons. The molecule has 0 saturated carbocycles. The number of para-hydroxylation sites is 1. The second-order valence-corrected chi connectivity index (χ2v) is 6.18. The molecular formula is C16H25N3O4. The van der Waals surface area contributed by atoms with Gasteiger partial charge in [-0.05, 0) is 39.3 Å². The van der Waals surface area contributed by atoms with Crippen LogP contribution in [-0.4, -0.2) is 42.0 Å². The van der Waals surface area contributed by atoms with Crippen LogP contribution in [0.4, 0.5) is 15.3 Å². The molecule has 1 atom stereocenters. The summed E-state index contributed by atoms with van der Waals surface area (Å²) in [4.78, 5) is 23.5. The minimum absolute atomic E-state index is 0.0768. The third-order valence-corrected chi connectivity index (χ3v) is 2.84. The van der Waals surface area contributed by atoms with Crippen LogP contribution < -0.4 is 16.0 Å². The lowest BCUT2D eigenvalue weighted by Crippen LogP contribution is -2.48. The highest BCUT2D eigenvalue weighted by Gasteiger charge is 2.19. The van der Waals surface area contributed by atoms with E-state index in [0.717, 1.165) is 5.56 Å². The summed E-state index contributed by atoms with van der Waals surface area (Å²) < 4.78 is 5.10. The van der Waals surface area contributed by atoms with Crippen molar-refractivity contribution in [3.05, 3.63) is 29.8 Å². The van der Waals surface area contributed by atoms with Crippen LogP contribution in [0.2, 0.25) is 0 Å². The Balaban J connectivity index is 2.43. The van der Waals surface area contributed by atoms with Crippen LogP contribution in [0.25, 0.3) is 0 Å². The summed E-state index contributed by atoms with van der Waals surface area (Å²) in [6, 6.07) is 6.33. The van der Waals surface area contributed by atoms with Gasteiger partial charge in [0.25, 0.3) is 0 Å². The molecule has 0 saturated heterocycles.